The van der Waals surface area contributed by atoms with Gasteiger partial charge in [-0.1, -0.05) is 70.8 Å². The predicted octanol–water partition coefficient (Wildman–Crippen LogP) is 8.02. The van der Waals surface area contributed by atoms with Crippen molar-refractivity contribution in [3.05, 3.63) is 35.4 Å². The molecule has 0 N–H and O–H groups in total. The molecule has 146 valence electrons. The van der Waals surface area contributed by atoms with Crippen LogP contribution in [0.1, 0.15) is 102 Å². The van der Waals surface area contributed by atoms with E-state index in [1.54, 1.807) is 6.07 Å². The molecule has 2 aliphatic carbocycles. The maximum atomic E-state index is 13.5. The van der Waals surface area contributed by atoms with Gasteiger partial charge in [0, 0.05) is 0 Å². The summed E-state index contributed by atoms with van der Waals surface area (Å²) in [6, 6.07) is 4.48. The van der Waals surface area contributed by atoms with Gasteiger partial charge in [-0.15, -0.1) is 0 Å². The van der Waals surface area contributed by atoms with E-state index >= 15 is 0 Å². The van der Waals surface area contributed by atoms with Crippen molar-refractivity contribution in [2.24, 2.45) is 17.8 Å². The SMILES string of the molecule is CCCCC1CCC(CCC2CCC(c3ccc(F)c(F)c3)CC2)CC1. The van der Waals surface area contributed by atoms with E-state index in [4.69, 9.17) is 0 Å². The second-order valence-corrected chi connectivity index (χ2v) is 9.00. The minimum atomic E-state index is -0.730. The fourth-order valence-corrected chi connectivity index (χ4v) is 5.32. The van der Waals surface area contributed by atoms with E-state index in [9.17, 15) is 8.78 Å². The summed E-state index contributed by atoms with van der Waals surface area (Å²) in [5.74, 6) is 1.84. The van der Waals surface area contributed by atoms with Crippen molar-refractivity contribution in [2.75, 3.05) is 0 Å². The fraction of sp³-hybridized carbons (Fsp3) is 0.750. The highest BCUT2D eigenvalue weighted by Gasteiger charge is 2.25. The first-order valence-corrected chi connectivity index (χ1v) is 11.1. The van der Waals surface area contributed by atoms with Crippen LogP contribution in [0, 0.1) is 29.4 Å². The monoisotopic (exact) mass is 362 g/mol. The third-order valence-corrected chi connectivity index (χ3v) is 7.18. The van der Waals surface area contributed by atoms with Crippen LogP contribution in [0.15, 0.2) is 18.2 Å². The van der Waals surface area contributed by atoms with Gasteiger partial charge in [0.05, 0.1) is 0 Å². The lowest BCUT2D eigenvalue weighted by Gasteiger charge is -2.32. The van der Waals surface area contributed by atoms with Crippen LogP contribution in [0.2, 0.25) is 0 Å². The molecule has 2 saturated carbocycles. The molecule has 1 aromatic rings. The molecule has 1 aromatic carbocycles. The molecule has 0 unspecified atom stereocenters. The number of halogens is 2. The zero-order valence-corrected chi connectivity index (χ0v) is 16.5. The van der Waals surface area contributed by atoms with Crippen molar-refractivity contribution in [3.63, 3.8) is 0 Å². The fourth-order valence-electron chi connectivity index (χ4n) is 5.32. The molecule has 0 aliphatic heterocycles. The van der Waals surface area contributed by atoms with Crippen LogP contribution in [-0.4, -0.2) is 0 Å². The van der Waals surface area contributed by atoms with Crippen molar-refractivity contribution < 1.29 is 8.78 Å². The van der Waals surface area contributed by atoms with Gasteiger partial charge in [0.2, 0.25) is 0 Å². The molecule has 0 nitrogen and oxygen atoms in total. The topological polar surface area (TPSA) is 0 Å². The molecule has 0 atom stereocenters. The van der Waals surface area contributed by atoms with E-state index in [0.717, 1.165) is 36.2 Å². The maximum absolute atomic E-state index is 13.5. The van der Waals surface area contributed by atoms with Gasteiger partial charge in [-0.2, -0.15) is 0 Å². The molecular weight excluding hydrogens is 326 g/mol. The van der Waals surface area contributed by atoms with E-state index in [1.165, 1.54) is 82.8 Å². The summed E-state index contributed by atoms with van der Waals surface area (Å²) in [5.41, 5.74) is 0.993. The number of unbranched alkanes of at least 4 members (excludes halogenated alkanes) is 1. The average molecular weight is 363 g/mol. The average Bonchev–Trinajstić information content (AvgIpc) is 2.68. The van der Waals surface area contributed by atoms with Gasteiger partial charge in [0.25, 0.3) is 0 Å². The third kappa shape index (κ3) is 5.54. The van der Waals surface area contributed by atoms with Crippen LogP contribution in [0.3, 0.4) is 0 Å². The summed E-state index contributed by atoms with van der Waals surface area (Å²) in [4.78, 5) is 0. The van der Waals surface area contributed by atoms with Crippen molar-refractivity contribution in [1.29, 1.82) is 0 Å². The van der Waals surface area contributed by atoms with E-state index < -0.39 is 11.6 Å². The first kappa shape index (κ1) is 19.8. The number of benzene rings is 1. The number of hydrogen-bond donors (Lipinski definition) is 0. The van der Waals surface area contributed by atoms with Gasteiger partial charge in [0.1, 0.15) is 0 Å². The standard InChI is InChI=1S/C24H36F2/c1-2-3-4-18-5-7-19(8-6-18)9-10-20-11-13-21(14-12-20)22-15-16-23(25)24(26)17-22/h15-21H,2-14H2,1H3. The zero-order chi connectivity index (χ0) is 18.4. The lowest BCUT2D eigenvalue weighted by Crippen LogP contribution is -2.18. The maximum Gasteiger partial charge on any atom is 0.159 e. The Morgan fingerprint density at radius 1 is 0.731 bits per heavy atom. The molecule has 0 saturated heterocycles. The molecule has 0 spiro atoms. The van der Waals surface area contributed by atoms with Gasteiger partial charge in [-0.3, -0.25) is 0 Å². The first-order chi connectivity index (χ1) is 12.7. The summed E-state index contributed by atoms with van der Waals surface area (Å²) >= 11 is 0. The highest BCUT2D eigenvalue weighted by atomic mass is 19.2. The van der Waals surface area contributed by atoms with E-state index in [2.05, 4.69) is 6.92 Å². The van der Waals surface area contributed by atoms with Gasteiger partial charge < -0.3 is 0 Å². The Bertz CT molecular complexity index is 537. The summed E-state index contributed by atoms with van der Waals surface area (Å²) in [7, 11) is 0. The Balaban J connectivity index is 1.35. The van der Waals surface area contributed by atoms with Crippen LogP contribution >= 0.6 is 0 Å². The molecule has 0 heterocycles. The zero-order valence-electron chi connectivity index (χ0n) is 16.5. The minimum absolute atomic E-state index is 0.426. The molecule has 26 heavy (non-hydrogen) atoms. The van der Waals surface area contributed by atoms with Gasteiger partial charge in [-0.25, -0.2) is 8.78 Å². The largest absolute Gasteiger partial charge is 0.204 e. The molecule has 0 radical (unpaired) electrons. The van der Waals surface area contributed by atoms with Gasteiger partial charge in [-0.05, 0) is 67.1 Å². The number of rotatable bonds is 7. The molecule has 0 bridgehead atoms. The van der Waals surface area contributed by atoms with Gasteiger partial charge in [0.15, 0.2) is 11.6 Å². The quantitative estimate of drug-likeness (QED) is 0.460. The van der Waals surface area contributed by atoms with Crippen LogP contribution in [0.4, 0.5) is 8.78 Å². The molecule has 2 heteroatoms. The van der Waals surface area contributed by atoms with Crippen LogP contribution in [0.25, 0.3) is 0 Å². The molecule has 0 amide bonds. The normalized spacial score (nSPS) is 29.7. The third-order valence-electron chi connectivity index (χ3n) is 7.18. The van der Waals surface area contributed by atoms with Crippen LogP contribution in [0.5, 0.6) is 0 Å². The summed E-state index contributed by atoms with van der Waals surface area (Å²) < 4.78 is 26.6. The second-order valence-electron chi connectivity index (χ2n) is 9.00. The van der Waals surface area contributed by atoms with Gasteiger partial charge >= 0.3 is 0 Å². The summed E-state index contributed by atoms with van der Waals surface area (Å²) in [5, 5.41) is 0. The molecule has 0 aromatic heterocycles. The number of hydrogen-bond acceptors (Lipinski definition) is 0. The Hall–Kier alpha value is -0.920. The Morgan fingerprint density at radius 3 is 1.81 bits per heavy atom. The molecule has 2 aliphatic rings. The Morgan fingerprint density at radius 2 is 1.27 bits per heavy atom. The molecule has 3 rings (SSSR count). The minimum Gasteiger partial charge on any atom is -0.204 e. The summed E-state index contributed by atoms with van der Waals surface area (Å²) in [6.07, 6.45) is 17.7. The van der Waals surface area contributed by atoms with Crippen molar-refractivity contribution >= 4 is 0 Å². The van der Waals surface area contributed by atoms with E-state index in [-0.39, 0.29) is 0 Å². The smallest absolute Gasteiger partial charge is 0.159 e. The molecular formula is C24H36F2. The van der Waals surface area contributed by atoms with Crippen LogP contribution < -0.4 is 0 Å². The summed E-state index contributed by atoms with van der Waals surface area (Å²) in [6.45, 7) is 2.30. The van der Waals surface area contributed by atoms with Crippen molar-refractivity contribution in [3.8, 4) is 0 Å². The van der Waals surface area contributed by atoms with E-state index in [1.807, 2.05) is 0 Å². The lowest BCUT2D eigenvalue weighted by atomic mass is 9.74. The van der Waals surface area contributed by atoms with Crippen molar-refractivity contribution in [1.82, 2.24) is 0 Å². The van der Waals surface area contributed by atoms with E-state index in [0.29, 0.717) is 5.92 Å². The molecule has 2 fully saturated rings. The highest BCUT2D eigenvalue weighted by molar-refractivity contribution is 5.22. The van der Waals surface area contributed by atoms with Crippen molar-refractivity contribution in [2.45, 2.75) is 96.3 Å². The van der Waals surface area contributed by atoms with Crippen LogP contribution in [-0.2, 0) is 0 Å². The highest BCUT2D eigenvalue weighted by Crippen LogP contribution is 2.40. The predicted molar refractivity (Wildman–Crippen MR) is 105 cm³/mol. The second kappa shape index (κ2) is 9.85. The Kier molecular flexibility index (Phi) is 7.52. The lowest BCUT2D eigenvalue weighted by molar-refractivity contribution is 0.222. The first-order valence-electron chi connectivity index (χ1n) is 11.1. The Labute approximate surface area is 158 Å².